The average molecular weight is 364 g/mol. The number of unbranched alkanes of at least 4 members (excludes halogenated alkanes) is 3. The molecule has 0 aliphatic rings. The smallest absolute Gasteiger partial charge is 0.240 e. The first-order valence-corrected chi connectivity index (χ1v) is 8.93. The number of halogens is 1. The number of hydrogen-bond acceptors (Lipinski definition) is 4. The van der Waals surface area contributed by atoms with Crippen molar-refractivity contribution in [2.75, 3.05) is 18.9 Å². The van der Waals surface area contributed by atoms with Gasteiger partial charge in [-0.2, -0.15) is 0 Å². The highest BCUT2D eigenvalue weighted by molar-refractivity contribution is 7.89. The normalized spacial score (nSPS) is 10.9. The van der Waals surface area contributed by atoms with Gasteiger partial charge in [-0.15, -0.1) is 12.4 Å². The zero-order valence-electron chi connectivity index (χ0n) is 13.6. The highest BCUT2D eigenvalue weighted by Crippen LogP contribution is 2.20. The van der Waals surface area contributed by atoms with E-state index in [2.05, 4.69) is 10.0 Å². The van der Waals surface area contributed by atoms with E-state index in [1.807, 2.05) is 0 Å². The van der Waals surface area contributed by atoms with Crippen molar-refractivity contribution in [2.24, 2.45) is 5.73 Å². The fraction of sp³-hybridized carbons (Fsp3) is 0.533. The second-order valence-electron chi connectivity index (χ2n) is 5.19. The fourth-order valence-corrected chi connectivity index (χ4v) is 3.08. The van der Waals surface area contributed by atoms with Gasteiger partial charge in [-0.3, -0.25) is 4.79 Å². The number of amides is 1. The Balaban J connectivity index is 0.00000484. The summed E-state index contributed by atoms with van der Waals surface area (Å²) < 4.78 is 26.1. The van der Waals surface area contributed by atoms with Crippen LogP contribution in [0.3, 0.4) is 0 Å². The number of nitrogens with one attached hydrogen (secondary N) is 2. The van der Waals surface area contributed by atoms with E-state index in [4.69, 9.17) is 5.73 Å². The van der Waals surface area contributed by atoms with Crippen molar-refractivity contribution in [2.45, 2.75) is 43.9 Å². The monoisotopic (exact) mass is 363 g/mol. The lowest BCUT2D eigenvalue weighted by atomic mass is 10.1. The summed E-state index contributed by atoms with van der Waals surface area (Å²) in [6.45, 7) is 2.39. The van der Waals surface area contributed by atoms with Crippen molar-refractivity contribution < 1.29 is 13.2 Å². The van der Waals surface area contributed by atoms with Crippen LogP contribution >= 0.6 is 12.4 Å². The van der Waals surface area contributed by atoms with E-state index in [0.717, 1.165) is 25.7 Å². The molecule has 0 unspecified atom stereocenters. The van der Waals surface area contributed by atoms with Crippen LogP contribution in [-0.2, 0) is 14.8 Å². The van der Waals surface area contributed by atoms with Crippen LogP contribution in [0.5, 0.6) is 0 Å². The standard InChI is InChI=1S/C15H25N3O3S.ClH/c1-12-8-9-13(11-14(12)22(20,21)17-2)18-15(19)7-5-3-4-6-10-16;/h8-9,11,17H,3-7,10,16H2,1-2H3,(H,18,19);1H. The highest BCUT2D eigenvalue weighted by atomic mass is 35.5. The summed E-state index contributed by atoms with van der Waals surface area (Å²) in [5.74, 6) is -0.107. The summed E-state index contributed by atoms with van der Waals surface area (Å²) in [6, 6.07) is 4.87. The molecular formula is C15H26ClN3O3S. The third kappa shape index (κ3) is 7.30. The summed E-state index contributed by atoms with van der Waals surface area (Å²) in [5.41, 5.74) is 6.54. The van der Waals surface area contributed by atoms with Crippen LogP contribution in [0.4, 0.5) is 5.69 Å². The van der Waals surface area contributed by atoms with Gasteiger partial charge >= 0.3 is 0 Å². The highest BCUT2D eigenvalue weighted by Gasteiger charge is 2.15. The van der Waals surface area contributed by atoms with Gasteiger partial charge < -0.3 is 11.1 Å². The Labute approximate surface area is 144 Å². The van der Waals surface area contributed by atoms with Crippen LogP contribution in [0, 0.1) is 6.92 Å². The Morgan fingerprint density at radius 1 is 1.17 bits per heavy atom. The largest absolute Gasteiger partial charge is 0.330 e. The lowest BCUT2D eigenvalue weighted by Crippen LogP contribution is -2.20. The molecule has 23 heavy (non-hydrogen) atoms. The average Bonchev–Trinajstić information content (AvgIpc) is 2.49. The fourth-order valence-electron chi connectivity index (χ4n) is 2.08. The maximum atomic E-state index is 11.9. The lowest BCUT2D eigenvalue weighted by Gasteiger charge is -2.10. The zero-order valence-corrected chi connectivity index (χ0v) is 15.2. The molecule has 1 amide bonds. The number of benzene rings is 1. The molecule has 0 radical (unpaired) electrons. The topological polar surface area (TPSA) is 101 Å². The molecule has 1 aromatic carbocycles. The number of carbonyl (C=O) groups is 1. The van der Waals surface area contributed by atoms with Gasteiger partial charge in [0.15, 0.2) is 0 Å². The molecule has 4 N–H and O–H groups in total. The van der Waals surface area contributed by atoms with Crippen LogP contribution < -0.4 is 15.8 Å². The Morgan fingerprint density at radius 2 is 1.83 bits per heavy atom. The molecule has 0 bridgehead atoms. The van der Waals surface area contributed by atoms with E-state index in [1.165, 1.54) is 13.1 Å². The number of sulfonamides is 1. The lowest BCUT2D eigenvalue weighted by molar-refractivity contribution is -0.116. The molecule has 0 saturated carbocycles. The van der Waals surface area contributed by atoms with Crippen LogP contribution in [0.2, 0.25) is 0 Å². The molecule has 8 heteroatoms. The Bertz CT molecular complexity index is 606. The maximum Gasteiger partial charge on any atom is 0.240 e. The van der Waals surface area contributed by atoms with Crippen molar-refractivity contribution >= 4 is 34.0 Å². The van der Waals surface area contributed by atoms with E-state index in [9.17, 15) is 13.2 Å². The van der Waals surface area contributed by atoms with Crippen molar-refractivity contribution in [3.63, 3.8) is 0 Å². The van der Waals surface area contributed by atoms with E-state index in [1.54, 1.807) is 19.1 Å². The Kier molecular flexibility index (Phi) is 10.1. The molecule has 132 valence electrons. The quantitative estimate of drug-likeness (QED) is 0.585. The first-order valence-electron chi connectivity index (χ1n) is 7.45. The van der Waals surface area contributed by atoms with E-state index in [-0.39, 0.29) is 23.2 Å². The second-order valence-corrected chi connectivity index (χ2v) is 7.04. The predicted molar refractivity (Wildman–Crippen MR) is 95.4 cm³/mol. The van der Waals surface area contributed by atoms with Gasteiger partial charge in [0.25, 0.3) is 0 Å². The minimum Gasteiger partial charge on any atom is -0.330 e. The Hall–Kier alpha value is -1.15. The summed E-state index contributed by atoms with van der Waals surface area (Å²) in [6.07, 6.45) is 4.20. The molecule has 0 aromatic heterocycles. The minimum absolute atomic E-state index is 0. The molecular weight excluding hydrogens is 338 g/mol. The molecule has 0 aliphatic carbocycles. The molecule has 0 fully saturated rings. The maximum absolute atomic E-state index is 11.9. The molecule has 0 spiro atoms. The number of aryl methyl sites for hydroxylation is 1. The van der Waals surface area contributed by atoms with E-state index < -0.39 is 10.0 Å². The summed E-state index contributed by atoms with van der Waals surface area (Å²) in [7, 11) is -2.17. The first-order chi connectivity index (χ1) is 10.4. The molecule has 6 nitrogen and oxygen atoms in total. The van der Waals surface area contributed by atoms with Crippen LogP contribution in [0.1, 0.15) is 37.7 Å². The first kappa shape index (κ1) is 21.9. The summed E-state index contributed by atoms with van der Waals surface area (Å²) in [4.78, 5) is 12.0. The predicted octanol–water partition coefficient (Wildman–Crippen LogP) is 2.17. The van der Waals surface area contributed by atoms with E-state index in [0.29, 0.717) is 24.2 Å². The summed E-state index contributed by atoms with van der Waals surface area (Å²) in [5, 5.41) is 2.74. The number of hydrogen-bond donors (Lipinski definition) is 3. The molecule has 0 atom stereocenters. The van der Waals surface area contributed by atoms with Gasteiger partial charge in [0, 0.05) is 12.1 Å². The van der Waals surface area contributed by atoms with Crippen LogP contribution in [0.15, 0.2) is 23.1 Å². The molecule has 0 saturated heterocycles. The SMILES string of the molecule is CNS(=O)(=O)c1cc(NC(=O)CCCCCCN)ccc1C.Cl. The van der Waals surface area contributed by atoms with Gasteiger partial charge in [0.1, 0.15) is 0 Å². The van der Waals surface area contributed by atoms with Gasteiger partial charge in [-0.25, -0.2) is 13.1 Å². The van der Waals surface area contributed by atoms with E-state index >= 15 is 0 Å². The van der Waals surface area contributed by atoms with Crippen LogP contribution in [0.25, 0.3) is 0 Å². The Morgan fingerprint density at radius 3 is 2.43 bits per heavy atom. The van der Waals surface area contributed by atoms with Crippen molar-refractivity contribution in [3.05, 3.63) is 23.8 Å². The number of carbonyl (C=O) groups excluding carboxylic acids is 1. The number of rotatable bonds is 9. The summed E-state index contributed by atoms with van der Waals surface area (Å²) >= 11 is 0. The minimum atomic E-state index is -3.53. The van der Waals surface area contributed by atoms with Crippen LogP contribution in [-0.4, -0.2) is 27.9 Å². The second kappa shape index (κ2) is 10.6. The third-order valence-electron chi connectivity index (χ3n) is 3.39. The zero-order chi connectivity index (χ0) is 16.6. The van der Waals surface area contributed by atoms with Gasteiger partial charge in [0.05, 0.1) is 4.90 Å². The third-order valence-corrected chi connectivity index (χ3v) is 4.94. The number of anilines is 1. The molecule has 0 heterocycles. The van der Waals surface area contributed by atoms with Gasteiger partial charge in [0.2, 0.25) is 15.9 Å². The molecule has 1 aromatic rings. The van der Waals surface area contributed by atoms with Gasteiger partial charge in [-0.1, -0.05) is 18.9 Å². The van der Waals surface area contributed by atoms with Crippen molar-refractivity contribution in [3.8, 4) is 0 Å². The molecule has 0 aliphatic heterocycles. The number of nitrogens with two attached hydrogens (primary N) is 1. The van der Waals surface area contributed by atoms with Gasteiger partial charge in [-0.05, 0) is 51.1 Å². The molecule has 1 rings (SSSR count). The van der Waals surface area contributed by atoms with Crippen molar-refractivity contribution in [1.29, 1.82) is 0 Å². The van der Waals surface area contributed by atoms with Crippen molar-refractivity contribution in [1.82, 2.24) is 4.72 Å².